The fourth-order valence-electron chi connectivity index (χ4n) is 2.45. The molecule has 1 heterocycles. The first-order chi connectivity index (χ1) is 13.4. The van der Waals surface area contributed by atoms with Crippen LogP contribution in [0.1, 0.15) is 21.8 Å². The maximum atomic E-state index is 12.3. The minimum atomic E-state index is -0.643. The first kappa shape index (κ1) is 20.0. The van der Waals surface area contributed by atoms with Gasteiger partial charge >= 0.3 is 5.97 Å². The van der Waals surface area contributed by atoms with E-state index in [1.165, 1.54) is 11.8 Å². The molecule has 0 saturated carbocycles. The lowest BCUT2D eigenvalue weighted by Gasteiger charge is -2.11. The van der Waals surface area contributed by atoms with E-state index in [1.54, 1.807) is 32.0 Å². The Morgan fingerprint density at radius 1 is 1.14 bits per heavy atom. The summed E-state index contributed by atoms with van der Waals surface area (Å²) in [6, 6.07) is 14.8. The van der Waals surface area contributed by atoms with Crippen LogP contribution in [-0.2, 0) is 9.53 Å². The van der Waals surface area contributed by atoms with Gasteiger partial charge in [-0.1, -0.05) is 40.7 Å². The molecule has 6 nitrogen and oxygen atoms in total. The van der Waals surface area contributed by atoms with Crippen LogP contribution in [0.2, 0.25) is 5.02 Å². The van der Waals surface area contributed by atoms with Crippen LogP contribution < -0.4 is 5.32 Å². The van der Waals surface area contributed by atoms with Gasteiger partial charge in [-0.15, -0.1) is 0 Å². The highest BCUT2D eigenvalue weighted by Crippen LogP contribution is 2.33. The number of hydrogen-bond acceptors (Lipinski definition) is 6. The number of benzene rings is 2. The molecule has 8 heteroatoms. The molecule has 0 spiro atoms. The molecule has 3 aromatic rings. The number of hydrogen-bond donors (Lipinski definition) is 1. The van der Waals surface area contributed by atoms with Gasteiger partial charge in [0.25, 0.3) is 5.91 Å². The molecular formula is C20H17ClN2O4S. The second-order valence-electron chi connectivity index (χ2n) is 5.88. The Morgan fingerprint density at radius 2 is 1.86 bits per heavy atom. The van der Waals surface area contributed by atoms with Crippen molar-refractivity contribution < 1.29 is 18.8 Å². The molecule has 0 aliphatic carbocycles. The number of esters is 1. The van der Waals surface area contributed by atoms with Crippen molar-refractivity contribution in [2.24, 2.45) is 0 Å². The summed E-state index contributed by atoms with van der Waals surface area (Å²) in [7, 11) is 0. The zero-order valence-corrected chi connectivity index (χ0v) is 16.8. The van der Waals surface area contributed by atoms with Gasteiger partial charge in [-0.25, -0.2) is 4.79 Å². The molecule has 144 valence electrons. The van der Waals surface area contributed by atoms with Crippen LogP contribution >= 0.6 is 23.4 Å². The molecule has 28 heavy (non-hydrogen) atoms. The number of carbonyl (C=O) groups excluding carboxylic acids is 2. The first-order valence-electron chi connectivity index (χ1n) is 8.36. The molecule has 1 aromatic heterocycles. The molecule has 0 aliphatic rings. The molecule has 2 aromatic carbocycles. The molecule has 0 fully saturated rings. The van der Waals surface area contributed by atoms with Gasteiger partial charge in [-0.05, 0) is 50.2 Å². The fourth-order valence-corrected chi connectivity index (χ4v) is 3.48. The summed E-state index contributed by atoms with van der Waals surface area (Å²) in [5.74, 6) is -0.730. The van der Waals surface area contributed by atoms with Crippen LogP contribution in [0.5, 0.6) is 0 Å². The average Bonchev–Trinajstić information content (AvgIpc) is 3.01. The summed E-state index contributed by atoms with van der Waals surface area (Å²) in [5, 5.41) is 7.13. The Hall–Kier alpha value is -2.77. The van der Waals surface area contributed by atoms with Gasteiger partial charge in [0.05, 0.1) is 11.4 Å². The Kier molecular flexibility index (Phi) is 6.38. The minimum absolute atomic E-state index is 0.242. The topological polar surface area (TPSA) is 81.4 Å². The van der Waals surface area contributed by atoms with Crippen molar-refractivity contribution in [1.82, 2.24) is 5.16 Å². The van der Waals surface area contributed by atoms with Crippen molar-refractivity contribution in [3.63, 3.8) is 0 Å². The smallest absolute Gasteiger partial charge is 0.344 e. The third-order valence-corrected chi connectivity index (χ3v) is 5.11. The number of aryl methyl sites for hydroxylation is 2. The highest BCUT2D eigenvalue weighted by molar-refractivity contribution is 7.99. The molecule has 0 unspecified atom stereocenters. The van der Waals surface area contributed by atoms with E-state index in [2.05, 4.69) is 10.5 Å². The van der Waals surface area contributed by atoms with Crippen LogP contribution in [0.15, 0.2) is 62.8 Å². The molecule has 1 amide bonds. The summed E-state index contributed by atoms with van der Waals surface area (Å²) in [6.45, 7) is 2.83. The SMILES string of the molecule is Cc1noc(C)c1C(=O)OCC(=O)Nc1ccccc1Sc1ccc(Cl)cc1. The summed E-state index contributed by atoms with van der Waals surface area (Å²) >= 11 is 7.40. The predicted octanol–water partition coefficient (Wildman–Crippen LogP) is 4.89. The maximum Gasteiger partial charge on any atom is 0.344 e. The summed E-state index contributed by atoms with van der Waals surface area (Å²) in [6.07, 6.45) is 0. The number of nitrogens with one attached hydrogen (secondary N) is 1. The maximum absolute atomic E-state index is 12.3. The number of rotatable bonds is 6. The van der Waals surface area contributed by atoms with Crippen molar-refractivity contribution >= 4 is 40.9 Å². The summed E-state index contributed by atoms with van der Waals surface area (Å²) in [4.78, 5) is 26.2. The normalized spacial score (nSPS) is 10.5. The number of para-hydroxylation sites is 1. The van der Waals surface area contributed by atoms with E-state index in [0.717, 1.165) is 9.79 Å². The summed E-state index contributed by atoms with van der Waals surface area (Å²) < 4.78 is 10.0. The van der Waals surface area contributed by atoms with Gasteiger partial charge in [0.1, 0.15) is 11.3 Å². The second kappa shape index (κ2) is 8.95. The van der Waals surface area contributed by atoms with Gasteiger partial charge in [-0.3, -0.25) is 4.79 Å². The number of carbonyl (C=O) groups is 2. The van der Waals surface area contributed by atoms with E-state index in [0.29, 0.717) is 22.2 Å². The van der Waals surface area contributed by atoms with E-state index >= 15 is 0 Å². The monoisotopic (exact) mass is 416 g/mol. The van der Waals surface area contributed by atoms with Crippen molar-refractivity contribution in [2.75, 3.05) is 11.9 Å². The number of halogens is 1. The molecule has 3 rings (SSSR count). The van der Waals surface area contributed by atoms with Crippen LogP contribution in [-0.4, -0.2) is 23.6 Å². The average molecular weight is 417 g/mol. The van der Waals surface area contributed by atoms with Crippen molar-refractivity contribution in [1.29, 1.82) is 0 Å². The van der Waals surface area contributed by atoms with Gasteiger partial charge in [0.15, 0.2) is 6.61 Å². The summed E-state index contributed by atoms with van der Waals surface area (Å²) in [5.41, 5.74) is 1.29. The lowest BCUT2D eigenvalue weighted by molar-refractivity contribution is -0.119. The molecule has 0 aliphatic heterocycles. The number of amides is 1. The van der Waals surface area contributed by atoms with Crippen molar-refractivity contribution in [2.45, 2.75) is 23.6 Å². The largest absolute Gasteiger partial charge is 0.452 e. The molecule has 0 bridgehead atoms. The van der Waals surface area contributed by atoms with Crippen LogP contribution in [0.3, 0.4) is 0 Å². The number of anilines is 1. The Labute approximate surface area is 171 Å². The van der Waals surface area contributed by atoms with E-state index in [4.69, 9.17) is 20.9 Å². The first-order valence-corrected chi connectivity index (χ1v) is 9.56. The van der Waals surface area contributed by atoms with Gasteiger partial charge in [0.2, 0.25) is 0 Å². The Balaban J connectivity index is 1.63. The fraction of sp³-hybridized carbons (Fsp3) is 0.150. The third-order valence-electron chi connectivity index (χ3n) is 3.77. The standard InChI is InChI=1S/C20H17ClN2O4S/c1-12-19(13(2)27-23-12)20(25)26-11-18(24)22-16-5-3-4-6-17(16)28-15-9-7-14(21)8-10-15/h3-10H,11H2,1-2H3,(H,22,24). The van der Waals surface area contributed by atoms with E-state index in [-0.39, 0.29) is 5.56 Å². The molecule has 1 N–H and O–H groups in total. The van der Waals surface area contributed by atoms with Gasteiger partial charge in [-0.2, -0.15) is 0 Å². The molecule has 0 atom stereocenters. The highest BCUT2D eigenvalue weighted by atomic mass is 35.5. The molecular weight excluding hydrogens is 400 g/mol. The zero-order chi connectivity index (χ0) is 20.1. The van der Waals surface area contributed by atoms with E-state index in [1.807, 2.05) is 30.3 Å². The van der Waals surface area contributed by atoms with Crippen LogP contribution in [0.25, 0.3) is 0 Å². The predicted molar refractivity (Wildman–Crippen MR) is 107 cm³/mol. The zero-order valence-electron chi connectivity index (χ0n) is 15.2. The lowest BCUT2D eigenvalue weighted by atomic mass is 10.2. The lowest BCUT2D eigenvalue weighted by Crippen LogP contribution is -2.21. The Bertz CT molecular complexity index is 982. The van der Waals surface area contributed by atoms with Crippen molar-refractivity contribution in [3.05, 3.63) is 70.6 Å². The van der Waals surface area contributed by atoms with Crippen molar-refractivity contribution in [3.8, 4) is 0 Å². The second-order valence-corrected chi connectivity index (χ2v) is 7.43. The minimum Gasteiger partial charge on any atom is -0.452 e. The quantitative estimate of drug-likeness (QED) is 0.576. The Morgan fingerprint density at radius 3 is 2.54 bits per heavy atom. The van der Waals surface area contributed by atoms with E-state index < -0.39 is 18.5 Å². The number of ether oxygens (including phenoxy) is 1. The van der Waals surface area contributed by atoms with Gasteiger partial charge < -0.3 is 14.6 Å². The number of aromatic nitrogens is 1. The molecule has 0 saturated heterocycles. The highest BCUT2D eigenvalue weighted by Gasteiger charge is 2.20. The number of nitrogens with zero attached hydrogens (tertiary/aromatic N) is 1. The van der Waals surface area contributed by atoms with Gasteiger partial charge in [0, 0.05) is 14.8 Å². The van der Waals surface area contributed by atoms with Crippen LogP contribution in [0, 0.1) is 13.8 Å². The third kappa shape index (κ3) is 4.94. The van der Waals surface area contributed by atoms with Crippen LogP contribution in [0.4, 0.5) is 5.69 Å². The molecule has 0 radical (unpaired) electrons. The van der Waals surface area contributed by atoms with E-state index in [9.17, 15) is 9.59 Å².